The second-order valence-electron chi connectivity index (χ2n) is 7.83. The first-order chi connectivity index (χ1) is 14.4. The summed E-state index contributed by atoms with van der Waals surface area (Å²) in [6.45, 7) is 4.08. The largest absolute Gasteiger partial charge is 0.378 e. The van der Waals surface area contributed by atoms with Crippen LogP contribution in [0.3, 0.4) is 0 Å². The molecule has 1 heterocycles. The number of sulfonamides is 1. The van der Waals surface area contributed by atoms with E-state index in [1.54, 1.807) is 0 Å². The van der Waals surface area contributed by atoms with Crippen LogP contribution < -0.4 is 19.4 Å². The van der Waals surface area contributed by atoms with Crippen molar-refractivity contribution < 1.29 is 13.3 Å². The van der Waals surface area contributed by atoms with E-state index in [1.165, 1.54) is 10.6 Å². The molecule has 1 fully saturated rings. The van der Waals surface area contributed by atoms with Crippen molar-refractivity contribution in [1.29, 1.82) is 0 Å². The molecule has 6 nitrogen and oxygen atoms in total. The first kappa shape index (κ1) is 22.2. The van der Waals surface area contributed by atoms with E-state index in [0.717, 1.165) is 37.4 Å². The van der Waals surface area contributed by atoms with Crippen molar-refractivity contribution in [3.05, 3.63) is 60.2 Å². The Kier molecular flexibility index (Phi) is 7.38. The maximum atomic E-state index is 12.2. The number of quaternary nitrogens is 1. The lowest BCUT2D eigenvalue weighted by atomic mass is 10.0. The molecule has 0 aromatic heterocycles. The molecule has 1 atom stereocenters. The van der Waals surface area contributed by atoms with Gasteiger partial charge in [0.2, 0.25) is 10.0 Å². The average Bonchev–Trinajstić information content (AvgIpc) is 2.75. The molecule has 1 aliphatic heterocycles. The minimum atomic E-state index is -3.47. The van der Waals surface area contributed by atoms with Crippen LogP contribution in [0.1, 0.15) is 11.6 Å². The summed E-state index contributed by atoms with van der Waals surface area (Å²) in [5, 5.41) is 0. The fourth-order valence-corrected chi connectivity index (χ4v) is 4.66. The number of piperazine rings is 1. The van der Waals surface area contributed by atoms with Gasteiger partial charge in [-0.2, -0.15) is 0 Å². The molecule has 1 saturated heterocycles. The molecule has 3 rings (SSSR count). The lowest BCUT2D eigenvalue weighted by molar-refractivity contribution is -0.930. The molecular formula is C23H31N4O2S+. The molecule has 0 bridgehead atoms. The second kappa shape index (κ2) is 9.98. The molecule has 0 radical (unpaired) electrons. The predicted molar refractivity (Wildman–Crippen MR) is 123 cm³/mol. The zero-order valence-corrected chi connectivity index (χ0v) is 18.5. The number of nitrogens with zero attached hydrogens (tertiary/aromatic N) is 2. The number of terminal acetylenes is 1. The minimum absolute atomic E-state index is 0.0340. The maximum absolute atomic E-state index is 12.2. The quantitative estimate of drug-likeness (QED) is 0.611. The van der Waals surface area contributed by atoms with E-state index in [9.17, 15) is 8.42 Å². The molecule has 30 heavy (non-hydrogen) atoms. The van der Waals surface area contributed by atoms with Gasteiger partial charge in [0.15, 0.2) is 0 Å². The molecule has 0 saturated carbocycles. The maximum Gasteiger partial charge on any atom is 0.223 e. The summed E-state index contributed by atoms with van der Waals surface area (Å²) >= 11 is 0. The average molecular weight is 428 g/mol. The van der Waals surface area contributed by atoms with Crippen LogP contribution in [0.5, 0.6) is 0 Å². The number of para-hydroxylation sites is 1. The third-order valence-electron chi connectivity index (χ3n) is 5.61. The van der Waals surface area contributed by atoms with Gasteiger partial charge in [0.05, 0.1) is 32.7 Å². The van der Waals surface area contributed by atoms with E-state index in [-0.39, 0.29) is 11.8 Å². The molecule has 160 valence electrons. The van der Waals surface area contributed by atoms with Crippen LogP contribution in [0.25, 0.3) is 0 Å². The van der Waals surface area contributed by atoms with Gasteiger partial charge in [-0.25, -0.2) is 13.1 Å². The summed E-state index contributed by atoms with van der Waals surface area (Å²) in [6.07, 6.45) is 5.21. The SMILES string of the molecule is C#CCS(=O)(=O)NC[C@H](c1ccc(N(C)C)cc1)[NH+]1CCN(c2ccccc2)CC1. The summed E-state index contributed by atoms with van der Waals surface area (Å²) in [4.78, 5) is 5.82. The van der Waals surface area contributed by atoms with E-state index < -0.39 is 10.0 Å². The molecule has 0 amide bonds. The highest BCUT2D eigenvalue weighted by molar-refractivity contribution is 7.89. The monoisotopic (exact) mass is 427 g/mol. The Morgan fingerprint density at radius 2 is 1.73 bits per heavy atom. The molecular weight excluding hydrogens is 396 g/mol. The van der Waals surface area contributed by atoms with Gasteiger partial charge in [0, 0.05) is 31.0 Å². The van der Waals surface area contributed by atoms with E-state index >= 15 is 0 Å². The van der Waals surface area contributed by atoms with Crippen molar-refractivity contribution in [2.24, 2.45) is 0 Å². The third kappa shape index (κ3) is 5.76. The zero-order valence-electron chi connectivity index (χ0n) is 17.7. The van der Waals surface area contributed by atoms with Gasteiger partial charge in [-0.15, -0.1) is 6.42 Å². The van der Waals surface area contributed by atoms with E-state index in [4.69, 9.17) is 6.42 Å². The van der Waals surface area contributed by atoms with E-state index in [1.807, 2.05) is 20.2 Å². The first-order valence-electron chi connectivity index (χ1n) is 10.2. The van der Waals surface area contributed by atoms with Gasteiger partial charge in [0.25, 0.3) is 0 Å². The molecule has 0 unspecified atom stereocenters. The molecule has 2 N–H and O–H groups in total. The van der Waals surface area contributed by atoms with Crippen LogP contribution in [0, 0.1) is 12.3 Å². The van der Waals surface area contributed by atoms with Crippen molar-refractivity contribution in [1.82, 2.24) is 4.72 Å². The van der Waals surface area contributed by atoms with Gasteiger partial charge in [-0.05, 0) is 24.3 Å². The summed E-state index contributed by atoms with van der Waals surface area (Å²) in [5.74, 6) is 1.93. The van der Waals surface area contributed by atoms with Crippen LogP contribution in [0.2, 0.25) is 0 Å². The van der Waals surface area contributed by atoms with Crippen LogP contribution in [0.4, 0.5) is 11.4 Å². The predicted octanol–water partition coefficient (Wildman–Crippen LogP) is 0.751. The van der Waals surface area contributed by atoms with Crippen molar-refractivity contribution >= 4 is 21.4 Å². The van der Waals surface area contributed by atoms with Crippen molar-refractivity contribution in [3.63, 3.8) is 0 Å². The molecule has 0 aliphatic carbocycles. The number of hydrogen-bond acceptors (Lipinski definition) is 4. The Hall–Kier alpha value is -2.53. The Balaban J connectivity index is 1.75. The van der Waals surface area contributed by atoms with E-state index in [2.05, 4.69) is 69.0 Å². The second-order valence-corrected chi connectivity index (χ2v) is 9.64. The van der Waals surface area contributed by atoms with Gasteiger partial charge >= 0.3 is 0 Å². The Bertz CT molecular complexity index is 945. The molecule has 1 aliphatic rings. The molecule has 7 heteroatoms. The molecule has 2 aromatic carbocycles. The normalized spacial score (nSPS) is 16.1. The van der Waals surface area contributed by atoms with Crippen LogP contribution in [-0.4, -0.2) is 61.0 Å². The third-order valence-corrected chi connectivity index (χ3v) is 6.77. The summed E-state index contributed by atoms with van der Waals surface area (Å²) in [7, 11) is 0.550. The Morgan fingerprint density at radius 1 is 1.10 bits per heavy atom. The summed E-state index contributed by atoms with van der Waals surface area (Å²) < 4.78 is 27.0. The van der Waals surface area contributed by atoms with Gasteiger partial charge in [-0.1, -0.05) is 36.3 Å². The highest BCUT2D eigenvalue weighted by atomic mass is 32.2. The van der Waals surface area contributed by atoms with Crippen LogP contribution in [0.15, 0.2) is 54.6 Å². The lowest BCUT2D eigenvalue weighted by Crippen LogP contribution is -3.15. The molecule has 0 spiro atoms. The van der Waals surface area contributed by atoms with Gasteiger partial charge in [-0.3, -0.25) is 0 Å². The number of hydrogen-bond donors (Lipinski definition) is 2. The lowest BCUT2D eigenvalue weighted by Gasteiger charge is -2.38. The van der Waals surface area contributed by atoms with Crippen molar-refractivity contribution in [2.45, 2.75) is 6.04 Å². The number of nitrogens with one attached hydrogen (secondary N) is 2. The van der Waals surface area contributed by atoms with Gasteiger partial charge in [0.1, 0.15) is 11.8 Å². The smallest absolute Gasteiger partial charge is 0.223 e. The van der Waals surface area contributed by atoms with Gasteiger partial charge < -0.3 is 14.7 Å². The molecule has 2 aromatic rings. The first-order valence-corrected chi connectivity index (χ1v) is 11.9. The fraction of sp³-hybridized carbons (Fsp3) is 0.391. The summed E-state index contributed by atoms with van der Waals surface area (Å²) in [6, 6.07) is 18.8. The zero-order chi connectivity index (χ0) is 21.6. The van der Waals surface area contributed by atoms with Crippen molar-refractivity contribution in [3.8, 4) is 12.3 Å². The van der Waals surface area contributed by atoms with E-state index in [0.29, 0.717) is 6.54 Å². The number of benzene rings is 2. The highest BCUT2D eigenvalue weighted by Gasteiger charge is 2.30. The van der Waals surface area contributed by atoms with Crippen LogP contribution >= 0.6 is 0 Å². The Labute approximate surface area is 180 Å². The Morgan fingerprint density at radius 3 is 2.30 bits per heavy atom. The minimum Gasteiger partial charge on any atom is -0.378 e. The number of rotatable bonds is 8. The van der Waals surface area contributed by atoms with Crippen LogP contribution in [-0.2, 0) is 10.0 Å². The highest BCUT2D eigenvalue weighted by Crippen LogP contribution is 2.18. The topological polar surface area (TPSA) is 57.1 Å². The standard InChI is InChI=1S/C23H30N4O2S/c1-4-18-30(28,29)24-19-23(20-10-12-21(13-11-20)25(2)3)27-16-14-26(15-17-27)22-8-6-5-7-9-22/h1,5-13,23-24H,14-19H2,2-3H3/p+1/t23-/m1/s1. The summed E-state index contributed by atoms with van der Waals surface area (Å²) in [5.41, 5.74) is 3.49. The number of anilines is 2. The fourth-order valence-electron chi connectivity index (χ4n) is 3.91. The van der Waals surface area contributed by atoms with Crippen molar-refractivity contribution in [2.75, 3.05) is 62.4 Å².